The Morgan fingerprint density at radius 2 is 1.87 bits per heavy atom. The van der Waals surface area contributed by atoms with E-state index in [9.17, 15) is 9.65 Å². The van der Waals surface area contributed by atoms with E-state index < -0.39 is 0 Å². The third-order valence-corrected chi connectivity index (χ3v) is 5.98. The molecule has 1 heterocycles. The molecule has 0 radical (unpaired) electrons. The summed E-state index contributed by atoms with van der Waals surface area (Å²) in [5.41, 5.74) is 4.28. The molecule has 0 saturated heterocycles. The first-order chi connectivity index (χ1) is 11.3. The number of hydrogen-bond donors (Lipinski definition) is 1. The topological polar surface area (TPSA) is 35.8 Å². The van der Waals surface area contributed by atoms with Crippen LogP contribution in [0.2, 0.25) is 0 Å². The van der Waals surface area contributed by atoms with Crippen LogP contribution in [0, 0.1) is 17.1 Å². The van der Waals surface area contributed by atoms with Gasteiger partial charge in [0.05, 0.1) is 11.6 Å². The largest absolute Gasteiger partial charge is 0.303 e. The van der Waals surface area contributed by atoms with Gasteiger partial charge in [0.25, 0.3) is 0 Å². The Labute approximate surface area is 139 Å². The van der Waals surface area contributed by atoms with Gasteiger partial charge in [-0.1, -0.05) is 24.3 Å². The standard InChI is InChI=1S/C19H17FN2S/c20-16-6-2-5-15-18(9-10-23-19(15)16)22-17-8-7-13-12(11-21)3-1-4-14(13)17/h1-6,17-18,22H,7-10H2. The molecule has 23 heavy (non-hydrogen) atoms. The molecular weight excluding hydrogens is 307 g/mol. The number of nitrogens with one attached hydrogen (secondary N) is 1. The van der Waals surface area contributed by atoms with E-state index in [0.717, 1.165) is 41.0 Å². The van der Waals surface area contributed by atoms with Gasteiger partial charge in [0, 0.05) is 17.0 Å². The predicted octanol–water partition coefficient (Wildman–Crippen LogP) is 4.51. The van der Waals surface area contributed by atoms with Gasteiger partial charge in [-0.05, 0) is 53.8 Å². The summed E-state index contributed by atoms with van der Waals surface area (Å²) in [5.74, 6) is 0.821. The lowest BCUT2D eigenvalue weighted by Crippen LogP contribution is -2.28. The van der Waals surface area contributed by atoms with Crippen LogP contribution in [0.5, 0.6) is 0 Å². The molecule has 2 aromatic rings. The van der Waals surface area contributed by atoms with Crippen molar-refractivity contribution in [2.75, 3.05) is 5.75 Å². The lowest BCUT2D eigenvalue weighted by molar-refractivity contribution is 0.423. The Balaban J connectivity index is 1.63. The maximum atomic E-state index is 14.0. The highest BCUT2D eigenvalue weighted by molar-refractivity contribution is 7.99. The molecule has 2 nitrogen and oxygen atoms in total. The highest BCUT2D eigenvalue weighted by atomic mass is 32.2. The van der Waals surface area contributed by atoms with Crippen LogP contribution in [0.25, 0.3) is 0 Å². The molecule has 2 unspecified atom stereocenters. The predicted molar refractivity (Wildman–Crippen MR) is 89.8 cm³/mol. The van der Waals surface area contributed by atoms with Crippen molar-refractivity contribution in [1.82, 2.24) is 5.32 Å². The minimum Gasteiger partial charge on any atom is -0.303 e. The SMILES string of the molecule is N#Cc1cccc2c1CCC2NC1CCSc2c(F)cccc21. The van der Waals surface area contributed by atoms with E-state index in [1.54, 1.807) is 17.8 Å². The molecule has 1 N–H and O–H groups in total. The van der Waals surface area contributed by atoms with Gasteiger partial charge < -0.3 is 5.32 Å². The van der Waals surface area contributed by atoms with E-state index in [1.807, 2.05) is 18.2 Å². The van der Waals surface area contributed by atoms with E-state index in [1.165, 1.54) is 17.2 Å². The number of halogens is 1. The van der Waals surface area contributed by atoms with Crippen LogP contribution in [0.1, 0.15) is 47.2 Å². The second kappa shape index (κ2) is 5.99. The molecule has 4 rings (SSSR count). The fraction of sp³-hybridized carbons (Fsp3) is 0.316. The van der Waals surface area contributed by atoms with Gasteiger partial charge in [-0.2, -0.15) is 5.26 Å². The first-order valence-electron chi connectivity index (χ1n) is 7.97. The minimum atomic E-state index is -0.113. The van der Waals surface area contributed by atoms with Crippen molar-refractivity contribution in [2.45, 2.75) is 36.2 Å². The lowest BCUT2D eigenvalue weighted by atomic mass is 9.99. The van der Waals surface area contributed by atoms with Gasteiger partial charge in [0.2, 0.25) is 0 Å². The first kappa shape index (κ1) is 14.7. The number of hydrogen-bond acceptors (Lipinski definition) is 3. The van der Waals surface area contributed by atoms with Crippen LogP contribution in [-0.2, 0) is 6.42 Å². The van der Waals surface area contributed by atoms with Crippen LogP contribution in [0.15, 0.2) is 41.3 Å². The molecular formula is C19H17FN2S. The zero-order valence-electron chi connectivity index (χ0n) is 12.7. The lowest BCUT2D eigenvalue weighted by Gasteiger charge is -2.29. The summed E-state index contributed by atoms with van der Waals surface area (Å²) in [6.45, 7) is 0. The molecule has 0 aromatic heterocycles. The second-order valence-corrected chi connectivity index (χ2v) is 7.20. The molecule has 1 aliphatic carbocycles. The van der Waals surface area contributed by atoms with E-state index >= 15 is 0 Å². The first-order valence-corrected chi connectivity index (χ1v) is 8.95. The number of benzene rings is 2. The Hall–Kier alpha value is -1.83. The van der Waals surface area contributed by atoms with Crippen molar-refractivity contribution in [3.63, 3.8) is 0 Å². The molecule has 2 aromatic carbocycles. The van der Waals surface area contributed by atoms with E-state index in [0.29, 0.717) is 0 Å². The van der Waals surface area contributed by atoms with Crippen molar-refractivity contribution >= 4 is 11.8 Å². The third kappa shape index (κ3) is 2.54. The fourth-order valence-corrected chi connectivity index (χ4v) is 4.88. The van der Waals surface area contributed by atoms with Gasteiger partial charge in [0.1, 0.15) is 5.82 Å². The Morgan fingerprint density at radius 1 is 1.09 bits per heavy atom. The Kier molecular flexibility index (Phi) is 3.84. The number of nitriles is 1. The molecule has 2 aliphatic rings. The highest BCUT2D eigenvalue weighted by Gasteiger charge is 2.29. The maximum Gasteiger partial charge on any atom is 0.137 e. The quantitative estimate of drug-likeness (QED) is 0.883. The fourth-order valence-electron chi connectivity index (χ4n) is 3.73. The summed E-state index contributed by atoms with van der Waals surface area (Å²) in [4.78, 5) is 0.792. The Bertz CT molecular complexity index is 796. The van der Waals surface area contributed by atoms with E-state index in [2.05, 4.69) is 17.5 Å². The normalized spacial score (nSPS) is 22.3. The highest BCUT2D eigenvalue weighted by Crippen LogP contribution is 2.41. The van der Waals surface area contributed by atoms with Crippen LogP contribution >= 0.6 is 11.8 Å². The summed E-state index contributed by atoms with van der Waals surface area (Å²) in [7, 11) is 0. The van der Waals surface area contributed by atoms with E-state index in [4.69, 9.17) is 0 Å². The minimum absolute atomic E-state index is 0.113. The molecule has 0 bridgehead atoms. The van der Waals surface area contributed by atoms with Crippen molar-refractivity contribution < 1.29 is 4.39 Å². The zero-order chi connectivity index (χ0) is 15.8. The van der Waals surface area contributed by atoms with Gasteiger partial charge in [-0.15, -0.1) is 11.8 Å². The molecule has 4 heteroatoms. The van der Waals surface area contributed by atoms with Crippen molar-refractivity contribution in [3.05, 3.63) is 64.5 Å². The van der Waals surface area contributed by atoms with Crippen LogP contribution < -0.4 is 5.32 Å². The number of rotatable bonds is 2. The maximum absolute atomic E-state index is 14.0. The molecule has 1 aliphatic heterocycles. The summed E-state index contributed by atoms with van der Waals surface area (Å²) in [5, 5.41) is 13.0. The average molecular weight is 324 g/mol. The van der Waals surface area contributed by atoms with Gasteiger partial charge >= 0.3 is 0 Å². The van der Waals surface area contributed by atoms with Crippen molar-refractivity contribution in [1.29, 1.82) is 5.26 Å². The third-order valence-electron chi connectivity index (χ3n) is 4.82. The molecule has 116 valence electrons. The number of nitrogens with zero attached hydrogens (tertiary/aromatic N) is 1. The van der Waals surface area contributed by atoms with Crippen molar-refractivity contribution in [3.8, 4) is 6.07 Å². The van der Waals surface area contributed by atoms with Gasteiger partial charge in [-0.25, -0.2) is 4.39 Å². The molecule has 0 amide bonds. The Morgan fingerprint density at radius 3 is 2.74 bits per heavy atom. The summed E-state index contributed by atoms with van der Waals surface area (Å²) >= 11 is 1.61. The molecule has 0 spiro atoms. The summed E-state index contributed by atoms with van der Waals surface area (Å²) in [6, 6.07) is 14.1. The number of thioether (sulfide) groups is 1. The van der Waals surface area contributed by atoms with Gasteiger partial charge in [-0.3, -0.25) is 0 Å². The summed E-state index contributed by atoms with van der Waals surface area (Å²) in [6.07, 6.45) is 2.95. The van der Waals surface area contributed by atoms with Crippen LogP contribution in [0.4, 0.5) is 4.39 Å². The van der Waals surface area contributed by atoms with Gasteiger partial charge in [0.15, 0.2) is 0 Å². The smallest absolute Gasteiger partial charge is 0.137 e. The molecule has 0 saturated carbocycles. The zero-order valence-corrected chi connectivity index (χ0v) is 13.5. The monoisotopic (exact) mass is 324 g/mol. The van der Waals surface area contributed by atoms with Crippen LogP contribution in [-0.4, -0.2) is 5.75 Å². The average Bonchev–Trinajstić information content (AvgIpc) is 2.99. The van der Waals surface area contributed by atoms with Crippen molar-refractivity contribution in [2.24, 2.45) is 0 Å². The molecule has 2 atom stereocenters. The second-order valence-electron chi connectivity index (χ2n) is 6.09. The molecule has 0 fully saturated rings. The number of fused-ring (bicyclic) bond motifs is 2. The van der Waals surface area contributed by atoms with E-state index in [-0.39, 0.29) is 17.9 Å². The summed E-state index contributed by atoms with van der Waals surface area (Å²) < 4.78 is 14.0. The van der Waals surface area contributed by atoms with Crippen LogP contribution in [0.3, 0.4) is 0 Å².